The van der Waals surface area contributed by atoms with Gasteiger partial charge in [-0.2, -0.15) is 0 Å². The molecule has 0 fully saturated rings. The van der Waals surface area contributed by atoms with E-state index in [1.165, 1.54) is 0 Å². The molecule has 1 aromatic carbocycles. The minimum atomic E-state index is -0.403. The van der Waals surface area contributed by atoms with Crippen molar-refractivity contribution in [1.82, 2.24) is 0 Å². The Bertz CT molecular complexity index is 340. The van der Waals surface area contributed by atoms with Crippen LogP contribution in [-0.2, 0) is 0 Å². The number of nitrogens with zero attached hydrogens (tertiary/aromatic N) is 1. The molecule has 1 rings (SSSR count). The predicted molar refractivity (Wildman–Crippen MR) is 57.8 cm³/mol. The van der Waals surface area contributed by atoms with Gasteiger partial charge < -0.3 is 0 Å². The van der Waals surface area contributed by atoms with Crippen LogP contribution in [0.15, 0.2) is 17.0 Å². The summed E-state index contributed by atoms with van der Waals surface area (Å²) in [5, 5.41) is 10.5. The van der Waals surface area contributed by atoms with Gasteiger partial charge in [-0.25, -0.2) is 0 Å². The largest absolute Gasteiger partial charge is 0.286 e. The zero-order valence-corrected chi connectivity index (χ0v) is 9.30. The molecule has 0 aliphatic rings. The maximum Gasteiger partial charge on any atom is 0.286 e. The van der Waals surface area contributed by atoms with Crippen LogP contribution in [0.3, 0.4) is 0 Å². The number of nitro benzene ring substituents is 1. The Labute approximate surface area is 88.9 Å². The molecule has 0 aliphatic carbocycles. The van der Waals surface area contributed by atoms with Gasteiger partial charge in [-0.15, -0.1) is 12.6 Å². The molecule has 64 valence electrons. The fraction of sp³-hybridized carbons (Fsp3) is 0.143. The molecule has 3 nitrogen and oxygen atoms in total. The Balaban J connectivity index is 3.43. The lowest BCUT2D eigenvalue weighted by atomic mass is 10.2. The van der Waals surface area contributed by atoms with Gasteiger partial charge in [0.2, 0.25) is 0 Å². The number of thiol groups is 1. The van der Waals surface area contributed by atoms with Gasteiger partial charge in [-0.1, -0.05) is 0 Å². The van der Waals surface area contributed by atoms with Crippen molar-refractivity contribution in [3.8, 4) is 0 Å². The van der Waals surface area contributed by atoms with Gasteiger partial charge in [0, 0.05) is 9.13 Å². The van der Waals surface area contributed by atoms with Crippen LogP contribution in [0.5, 0.6) is 0 Å². The lowest BCUT2D eigenvalue weighted by Crippen LogP contribution is -1.94. The van der Waals surface area contributed by atoms with Crippen molar-refractivity contribution in [2.24, 2.45) is 0 Å². The number of hydrogen-bond donors (Lipinski definition) is 1. The highest BCUT2D eigenvalue weighted by Gasteiger charge is 2.16. The molecule has 0 amide bonds. The molecule has 0 radical (unpaired) electrons. The van der Waals surface area contributed by atoms with E-state index in [2.05, 4.69) is 35.2 Å². The van der Waals surface area contributed by atoms with E-state index in [4.69, 9.17) is 0 Å². The van der Waals surface area contributed by atoms with Crippen LogP contribution in [0.25, 0.3) is 0 Å². The minimum absolute atomic E-state index is 0.102. The summed E-state index contributed by atoms with van der Waals surface area (Å²) >= 11 is 6.07. The second kappa shape index (κ2) is 3.61. The molecule has 0 heterocycles. The SMILES string of the molecule is Cc1c(I)ccc(S)c1[N+](=O)[O-]. The van der Waals surface area contributed by atoms with Crippen molar-refractivity contribution < 1.29 is 4.92 Å². The molecule has 0 spiro atoms. The second-order valence-electron chi connectivity index (χ2n) is 2.30. The van der Waals surface area contributed by atoms with Crippen LogP contribution in [0.4, 0.5) is 5.69 Å². The summed E-state index contributed by atoms with van der Waals surface area (Å²) in [6, 6.07) is 3.45. The summed E-state index contributed by atoms with van der Waals surface area (Å²) in [6.07, 6.45) is 0. The maximum absolute atomic E-state index is 10.5. The van der Waals surface area contributed by atoms with E-state index in [-0.39, 0.29) is 5.69 Å². The average Bonchev–Trinajstić information content (AvgIpc) is 1.97. The Kier molecular flexibility index (Phi) is 2.94. The maximum atomic E-state index is 10.5. The first kappa shape index (κ1) is 9.79. The van der Waals surface area contributed by atoms with E-state index in [1.807, 2.05) is 6.07 Å². The lowest BCUT2D eigenvalue weighted by Gasteiger charge is -2.01. The van der Waals surface area contributed by atoms with Gasteiger partial charge in [0.25, 0.3) is 5.69 Å². The van der Waals surface area contributed by atoms with Crippen molar-refractivity contribution in [3.05, 3.63) is 31.4 Å². The van der Waals surface area contributed by atoms with Crippen LogP contribution in [-0.4, -0.2) is 4.92 Å². The van der Waals surface area contributed by atoms with Crippen LogP contribution in [0.2, 0.25) is 0 Å². The molecule has 1 aromatic rings. The Hall–Kier alpha value is -0.300. The van der Waals surface area contributed by atoms with Crippen molar-refractivity contribution >= 4 is 40.9 Å². The van der Waals surface area contributed by atoms with Gasteiger partial charge in [0.05, 0.1) is 9.82 Å². The number of hydrogen-bond acceptors (Lipinski definition) is 3. The molecule has 0 saturated carbocycles. The third-order valence-corrected chi connectivity index (χ3v) is 3.06. The van der Waals surface area contributed by atoms with E-state index in [1.54, 1.807) is 13.0 Å². The number of halogens is 1. The molecule has 0 N–H and O–H groups in total. The first-order valence-electron chi connectivity index (χ1n) is 3.16. The lowest BCUT2D eigenvalue weighted by molar-refractivity contribution is -0.388. The summed E-state index contributed by atoms with van der Waals surface area (Å²) < 4.78 is 0.886. The molecule has 0 aromatic heterocycles. The molecular weight excluding hydrogens is 289 g/mol. The smallest absolute Gasteiger partial charge is 0.258 e. The van der Waals surface area contributed by atoms with Crippen molar-refractivity contribution in [2.45, 2.75) is 11.8 Å². The summed E-state index contributed by atoms with van der Waals surface area (Å²) in [7, 11) is 0. The monoisotopic (exact) mass is 295 g/mol. The first-order chi connectivity index (χ1) is 5.54. The molecule has 0 unspecified atom stereocenters. The zero-order chi connectivity index (χ0) is 9.30. The number of nitro groups is 1. The normalized spacial score (nSPS) is 9.92. The molecular formula is C7H6INO2S. The fourth-order valence-corrected chi connectivity index (χ4v) is 1.65. The third-order valence-electron chi connectivity index (χ3n) is 1.53. The van der Waals surface area contributed by atoms with Crippen LogP contribution in [0.1, 0.15) is 5.56 Å². The molecule has 12 heavy (non-hydrogen) atoms. The predicted octanol–water partition coefficient (Wildman–Crippen LogP) is 2.80. The van der Waals surface area contributed by atoms with E-state index in [0.717, 1.165) is 3.57 Å². The molecule has 0 aliphatic heterocycles. The zero-order valence-electron chi connectivity index (χ0n) is 6.24. The van der Waals surface area contributed by atoms with Crippen molar-refractivity contribution in [1.29, 1.82) is 0 Å². The van der Waals surface area contributed by atoms with E-state index >= 15 is 0 Å². The number of benzene rings is 1. The molecule has 0 atom stereocenters. The van der Waals surface area contributed by atoms with Crippen LogP contribution < -0.4 is 0 Å². The Morgan fingerprint density at radius 3 is 2.58 bits per heavy atom. The summed E-state index contributed by atoms with van der Waals surface area (Å²) in [6.45, 7) is 1.72. The van der Waals surface area contributed by atoms with E-state index in [9.17, 15) is 10.1 Å². The first-order valence-corrected chi connectivity index (χ1v) is 4.69. The highest BCUT2D eigenvalue weighted by Crippen LogP contribution is 2.29. The minimum Gasteiger partial charge on any atom is -0.258 e. The van der Waals surface area contributed by atoms with Gasteiger partial charge in [0.1, 0.15) is 0 Å². The highest BCUT2D eigenvalue weighted by molar-refractivity contribution is 14.1. The van der Waals surface area contributed by atoms with Crippen LogP contribution >= 0.6 is 35.2 Å². The van der Waals surface area contributed by atoms with Crippen LogP contribution in [0, 0.1) is 20.6 Å². The third kappa shape index (κ3) is 1.71. The van der Waals surface area contributed by atoms with Gasteiger partial charge >= 0.3 is 0 Å². The van der Waals surface area contributed by atoms with E-state index < -0.39 is 4.92 Å². The molecule has 0 saturated heterocycles. The standard InChI is InChI=1S/C7H6INO2S/c1-4-5(8)2-3-6(12)7(4)9(10)11/h2-3,12H,1H3. The molecule has 0 bridgehead atoms. The average molecular weight is 295 g/mol. The molecule has 5 heteroatoms. The number of rotatable bonds is 1. The van der Waals surface area contributed by atoms with Gasteiger partial charge in [-0.05, 0) is 41.6 Å². The summed E-state index contributed by atoms with van der Waals surface area (Å²) in [5.41, 5.74) is 0.776. The fourth-order valence-electron chi connectivity index (χ4n) is 0.892. The van der Waals surface area contributed by atoms with Crippen molar-refractivity contribution in [2.75, 3.05) is 0 Å². The Morgan fingerprint density at radius 2 is 2.17 bits per heavy atom. The Morgan fingerprint density at radius 1 is 1.58 bits per heavy atom. The van der Waals surface area contributed by atoms with Gasteiger partial charge in [-0.3, -0.25) is 10.1 Å². The van der Waals surface area contributed by atoms with Gasteiger partial charge in [0.15, 0.2) is 0 Å². The van der Waals surface area contributed by atoms with Crippen molar-refractivity contribution in [3.63, 3.8) is 0 Å². The highest BCUT2D eigenvalue weighted by atomic mass is 127. The summed E-state index contributed by atoms with van der Waals surface area (Å²) in [5.74, 6) is 0. The van der Waals surface area contributed by atoms with E-state index in [0.29, 0.717) is 10.5 Å². The summed E-state index contributed by atoms with van der Waals surface area (Å²) in [4.78, 5) is 10.6. The topological polar surface area (TPSA) is 43.1 Å². The quantitative estimate of drug-likeness (QED) is 0.375. The second-order valence-corrected chi connectivity index (χ2v) is 3.94.